The van der Waals surface area contributed by atoms with Crippen molar-refractivity contribution in [2.24, 2.45) is 0 Å². The molecule has 0 spiro atoms. The van der Waals surface area contributed by atoms with E-state index in [1.807, 2.05) is 67.4 Å². The molecule has 3 rings (SSSR count). The molecule has 0 radical (unpaired) electrons. The number of aryl methyl sites for hydroxylation is 1. The van der Waals surface area contributed by atoms with Gasteiger partial charge in [0.25, 0.3) is 0 Å². The van der Waals surface area contributed by atoms with Gasteiger partial charge in [0.1, 0.15) is 12.7 Å². The number of likely N-dealkylation sites (N-methyl/N-ethyl adjacent to an activating group) is 1. The van der Waals surface area contributed by atoms with Crippen molar-refractivity contribution < 1.29 is 14.3 Å². The summed E-state index contributed by atoms with van der Waals surface area (Å²) < 4.78 is 11.7. The van der Waals surface area contributed by atoms with E-state index in [-0.39, 0.29) is 18.1 Å². The molecule has 1 aliphatic heterocycles. The topological polar surface area (TPSA) is 50.8 Å². The average Bonchev–Trinajstić information content (AvgIpc) is 2.67. The van der Waals surface area contributed by atoms with Crippen LogP contribution < -0.4 is 14.8 Å². The fourth-order valence-corrected chi connectivity index (χ4v) is 2.90. The van der Waals surface area contributed by atoms with E-state index in [9.17, 15) is 4.79 Å². The van der Waals surface area contributed by atoms with Crippen LogP contribution in [0.1, 0.15) is 19.4 Å². The van der Waals surface area contributed by atoms with Crippen LogP contribution in [0.4, 0.5) is 5.69 Å². The van der Waals surface area contributed by atoms with Crippen LogP contribution in [0, 0.1) is 0 Å². The Kier molecular flexibility index (Phi) is 5.78. The molecule has 0 fully saturated rings. The number of hydrogen-bond donors (Lipinski definition) is 1. The number of amides is 1. The largest absolute Gasteiger partial charge is 0.486 e. The highest BCUT2D eigenvalue weighted by Crippen LogP contribution is 2.31. The van der Waals surface area contributed by atoms with Gasteiger partial charge in [-0.15, -0.1) is 0 Å². The van der Waals surface area contributed by atoms with Crippen LogP contribution in [0.5, 0.6) is 11.5 Å². The minimum atomic E-state index is -0.276. The lowest BCUT2D eigenvalue weighted by Gasteiger charge is -2.31. The minimum absolute atomic E-state index is 0.0334. The van der Waals surface area contributed by atoms with Crippen molar-refractivity contribution in [2.75, 3.05) is 25.5 Å². The Balaban J connectivity index is 1.53. The SMILES string of the molecule is CCc1ccc(NC(=O)[C@@H](C)N(C)C[C@@H]2COc3ccccc3O2)cc1. The molecule has 0 aromatic heterocycles. The predicted octanol–water partition coefficient (Wildman–Crippen LogP) is 3.35. The van der Waals surface area contributed by atoms with Gasteiger partial charge in [0.05, 0.1) is 6.04 Å². The first-order valence-corrected chi connectivity index (χ1v) is 9.05. The van der Waals surface area contributed by atoms with Gasteiger partial charge in [-0.2, -0.15) is 0 Å². The Morgan fingerprint density at radius 1 is 1.19 bits per heavy atom. The number of benzene rings is 2. The molecule has 5 heteroatoms. The molecular weight excluding hydrogens is 328 g/mol. The molecular formula is C21H26N2O3. The molecule has 1 N–H and O–H groups in total. The number of carbonyl (C=O) groups is 1. The van der Waals surface area contributed by atoms with Crippen molar-refractivity contribution in [3.05, 3.63) is 54.1 Å². The van der Waals surface area contributed by atoms with E-state index >= 15 is 0 Å². The average molecular weight is 354 g/mol. The van der Waals surface area contributed by atoms with E-state index in [0.717, 1.165) is 23.6 Å². The summed E-state index contributed by atoms with van der Waals surface area (Å²) in [5.41, 5.74) is 2.07. The molecule has 0 bridgehead atoms. The standard InChI is InChI=1S/C21H26N2O3/c1-4-16-9-11-17(12-10-16)22-21(24)15(2)23(3)13-18-14-25-19-7-5-6-8-20(19)26-18/h5-12,15,18H,4,13-14H2,1-3H3,(H,22,24)/t15-,18-/m1/s1. The van der Waals surface area contributed by atoms with Crippen LogP contribution in [0.15, 0.2) is 48.5 Å². The molecule has 0 aliphatic carbocycles. The number of nitrogens with one attached hydrogen (secondary N) is 1. The van der Waals surface area contributed by atoms with Crippen LogP contribution in [-0.4, -0.2) is 43.2 Å². The summed E-state index contributed by atoms with van der Waals surface area (Å²) in [4.78, 5) is 14.5. The van der Waals surface area contributed by atoms with E-state index in [1.165, 1.54) is 5.56 Å². The van der Waals surface area contributed by atoms with Crippen LogP contribution in [0.2, 0.25) is 0 Å². The Morgan fingerprint density at radius 3 is 2.58 bits per heavy atom. The van der Waals surface area contributed by atoms with Gasteiger partial charge in [-0.1, -0.05) is 31.2 Å². The van der Waals surface area contributed by atoms with Crippen molar-refractivity contribution in [2.45, 2.75) is 32.4 Å². The molecule has 2 aromatic carbocycles. The quantitative estimate of drug-likeness (QED) is 0.864. The first-order valence-electron chi connectivity index (χ1n) is 9.05. The smallest absolute Gasteiger partial charge is 0.241 e. The van der Waals surface area contributed by atoms with Crippen molar-refractivity contribution >= 4 is 11.6 Å². The molecule has 138 valence electrons. The summed E-state index contributed by atoms with van der Waals surface area (Å²) in [6.45, 7) is 5.10. The van der Waals surface area contributed by atoms with E-state index in [0.29, 0.717) is 13.2 Å². The highest BCUT2D eigenvalue weighted by molar-refractivity contribution is 5.94. The zero-order chi connectivity index (χ0) is 18.5. The summed E-state index contributed by atoms with van der Waals surface area (Å²) in [5, 5.41) is 2.97. The van der Waals surface area contributed by atoms with Crippen LogP contribution in [0.3, 0.4) is 0 Å². The molecule has 1 amide bonds. The third-order valence-corrected chi connectivity index (χ3v) is 4.73. The summed E-state index contributed by atoms with van der Waals surface area (Å²) in [5.74, 6) is 1.49. The lowest BCUT2D eigenvalue weighted by atomic mass is 10.1. The van der Waals surface area contributed by atoms with Gasteiger partial charge in [-0.05, 0) is 50.2 Å². The van der Waals surface area contributed by atoms with Crippen LogP contribution in [0.25, 0.3) is 0 Å². The minimum Gasteiger partial charge on any atom is -0.486 e. The Labute approximate surface area is 154 Å². The highest BCUT2D eigenvalue weighted by Gasteiger charge is 2.26. The van der Waals surface area contributed by atoms with Crippen molar-refractivity contribution in [1.82, 2.24) is 4.90 Å². The maximum atomic E-state index is 12.5. The summed E-state index contributed by atoms with van der Waals surface area (Å²) >= 11 is 0. The molecule has 1 aliphatic rings. The van der Waals surface area contributed by atoms with Gasteiger partial charge >= 0.3 is 0 Å². The number of nitrogens with zero attached hydrogens (tertiary/aromatic N) is 1. The van der Waals surface area contributed by atoms with Crippen molar-refractivity contribution in [3.8, 4) is 11.5 Å². The Morgan fingerprint density at radius 2 is 1.88 bits per heavy atom. The molecule has 26 heavy (non-hydrogen) atoms. The predicted molar refractivity (Wildman–Crippen MR) is 103 cm³/mol. The first-order chi connectivity index (χ1) is 12.6. The maximum Gasteiger partial charge on any atom is 0.241 e. The second kappa shape index (κ2) is 8.23. The second-order valence-corrected chi connectivity index (χ2v) is 6.65. The van der Waals surface area contributed by atoms with Crippen LogP contribution >= 0.6 is 0 Å². The zero-order valence-electron chi connectivity index (χ0n) is 15.6. The molecule has 2 aromatic rings. The lowest BCUT2D eigenvalue weighted by molar-refractivity contribution is -0.120. The van der Waals surface area contributed by atoms with Gasteiger partial charge < -0.3 is 14.8 Å². The van der Waals surface area contributed by atoms with Crippen molar-refractivity contribution in [1.29, 1.82) is 0 Å². The van der Waals surface area contributed by atoms with E-state index in [4.69, 9.17) is 9.47 Å². The molecule has 2 atom stereocenters. The number of fused-ring (bicyclic) bond motifs is 1. The number of rotatable bonds is 6. The number of anilines is 1. The van der Waals surface area contributed by atoms with Gasteiger partial charge in [0, 0.05) is 12.2 Å². The van der Waals surface area contributed by atoms with Gasteiger partial charge in [0.15, 0.2) is 11.5 Å². The summed E-state index contributed by atoms with van der Waals surface area (Å²) in [6.07, 6.45) is 0.883. The summed E-state index contributed by atoms with van der Waals surface area (Å²) in [7, 11) is 1.92. The van der Waals surface area contributed by atoms with Gasteiger partial charge in [-0.25, -0.2) is 0 Å². The molecule has 1 heterocycles. The molecule has 5 nitrogen and oxygen atoms in total. The fourth-order valence-electron chi connectivity index (χ4n) is 2.90. The number of hydrogen-bond acceptors (Lipinski definition) is 4. The molecule has 0 saturated carbocycles. The van der Waals surface area contributed by atoms with E-state index in [1.54, 1.807) is 0 Å². The summed E-state index contributed by atoms with van der Waals surface area (Å²) in [6, 6.07) is 15.3. The van der Waals surface area contributed by atoms with Crippen LogP contribution in [-0.2, 0) is 11.2 Å². The van der Waals surface area contributed by atoms with Gasteiger partial charge in [-0.3, -0.25) is 9.69 Å². The fraction of sp³-hybridized carbons (Fsp3) is 0.381. The molecule has 0 unspecified atom stereocenters. The third kappa shape index (κ3) is 4.35. The lowest BCUT2D eigenvalue weighted by Crippen LogP contribution is -2.46. The van der Waals surface area contributed by atoms with E-state index < -0.39 is 0 Å². The second-order valence-electron chi connectivity index (χ2n) is 6.65. The normalized spacial score (nSPS) is 17.0. The number of carbonyl (C=O) groups excluding carboxylic acids is 1. The highest BCUT2D eigenvalue weighted by atomic mass is 16.6. The number of para-hydroxylation sites is 2. The van der Waals surface area contributed by atoms with Gasteiger partial charge in [0.2, 0.25) is 5.91 Å². The first kappa shape index (κ1) is 18.3. The molecule has 0 saturated heterocycles. The van der Waals surface area contributed by atoms with Crippen molar-refractivity contribution in [3.63, 3.8) is 0 Å². The number of ether oxygens (including phenoxy) is 2. The zero-order valence-corrected chi connectivity index (χ0v) is 15.6. The Bertz CT molecular complexity index is 745. The third-order valence-electron chi connectivity index (χ3n) is 4.73. The maximum absolute atomic E-state index is 12.5. The monoisotopic (exact) mass is 354 g/mol. The Hall–Kier alpha value is -2.53. The van der Waals surface area contributed by atoms with E-state index in [2.05, 4.69) is 12.2 Å².